The number of methoxy groups -OCH3 is 3. The molecule has 0 saturated heterocycles. The van der Waals surface area contributed by atoms with Gasteiger partial charge in [-0.3, -0.25) is 4.79 Å². The number of allylic oxidation sites excluding steroid dienone is 2. The number of carbonyl (C=O) groups is 1. The van der Waals surface area contributed by atoms with Crippen LogP contribution < -0.4 is 9.47 Å². The third-order valence-corrected chi connectivity index (χ3v) is 4.05. The molecule has 0 N–H and O–H groups in total. The molecule has 1 aromatic rings. The minimum absolute atomic E-state index is 0.0451. The average molecular weight is 290 g/mol. The van der Waals surface area contributed by atoms with Crippen LogP contribution in [-0.4, -0.2) is 27.3 Å². The summed E-state index contributed by atoms with van der Waals surface area (Å²) in [6, 6.07) is 5.67. The molecule has 0 heterocycles. The second-order valence-electron chi connectivity index (χ2n) is 5.32. The van der Waals surface area contributed by atoms with Gasteiger partial charge in [-0.25, -0.2) is 0 Å². The molecule has 0 unspecified atom stereocenters. The van der Waals surface area contributed by atoms with Crippen molar-refractivity contribution in [3.63, 3.8) is 0 Å². The summed E-state index contributed by atoms with van der Waals surface area (Å²) in [5.74, 6) is 1.12. The third-order valence-electron chi connectivity index (χ3n) is 4.05. The number of esters is 1. The molecule has 4 heteroatoms. The molecule has 0 bridgehead atoms. The van der Waals surface area contributed by atoms with Gasteiger partial charge in [0.1, 0.15) is 11.5 Å². The van der Waals surface area contributed by atoms with Gasteiger partial charge in [-0.05, 0) is 38.0 Å². The molecule has 2 rings (SSSR count). The van der Waals surface area contributed by atoms with Gasteiger partial charge in [0.25, 0.3) is 0 Å². The first-order valence-electron chi connectivity index (χ1n) is 7.07. The van der Waals surface area contributed by atoms with Crippen molar-refractivity contribution in [3.05, 3.63) is 35.4 Å². The van der Waals surface area contributed by atoms with Crippen LogP contribution in [0.5, 0.6) is 11.5 Å². The third kappa shape index (κ3) is 3.20. The van der Waals surface area contributed by atoms with Crippen LogP contribution in [0.2, 0.25) is 0 Å². The monoisotopic (exact) mass is 290 g/mol. The molecule has 0 saturated carbocycles. The summed E-state index contributed by atoms with van der Waals surface area (Å²) in [5.41, 5.74) is 2.25. The molecule has 0 spiro atoms. The Kier molecular flexibility index (Phi) is 4.89. The predicted molar refractivity (Wildman–Crippen MR) is 80.8 cm³/mol. The fourth-order valence-corrected chi connectivity index (χ4v) is 2.89. The highest BCUT2D eigenvalue weighted by Crippen LogP contribution is 2.41. The zero-order chi connectivity index (χ0) is 15.4. The molecule has 1 aliphatic carbocycles. The van der Waals surface area contributed by atoms with Crippen molar-refractivity contribution in [2.45, 2.75) is 25.7 Å². The first-order valence-corrected chi connectivity index (χ1v) is 7.07. The largest absolute Gasteiger partial charge is 0.497 e. The maximum Gasteiger partial charge on any atom is 0.309 e. The van der Waals surface area contributed by atoms with Gasteiger partial charge in [-0.1, -0.05) is 11.6 Å². The summed E-state index contributed by atoms with van der Waals surface area (Å²) < 4.78 is 15.7. The normalized spacial score (nSPS) is 21.4. The molecule has 0 radical (unpaired) electrons. The molecule has 1 aliphatic rings. The summed E-state index contributed by atoms with van der Waals surface area (Å²) in [5, 5.41) is 0. The lowest BCUT2D eigenvalue weighted by Gasteiger charge is -2.29. The van der Waals surface area contributed by atoms with E-state index >= 15 is 0 Å². The van der Waals surface area contributed by atoms with Crippen LogP contribution in [0.3, 0.4) is 0 Å². The fourth-order valence-electron chi connectivity index (χ4n) is 2.89. The maximum absolute atomic E-state index is 12.1. The van der Waals surface area contributed by atoms with E-state index in [-0.39, 0.29) is 17.8 Å². The Morgan fingerprint density at radius 3 is 2.57 bits per heavy atom. The van der Waals surface area contributed by atoms with Gasteiger partial charge in [0.15, 0.2) is 0 Å². The van der Waals surface area contributed by atoms with E-state index in [0.29, 0.717) is 0 Å². The smallest absolute Gasteiger partial charge is 0.309 e. The lowest BCUT2D eigenvalue weighted by atomic mass is 9.77. The van der Waals surface area contributed by atoms with Gasteiger partial charge >= 0.3 is 5.97 Å². The van der Waals surface area contributed by atoms with Crippen LogP contribution in [-0.2, 0) is 9.53 Å². The van der Waals surface area contributed by atoms with E-state index in [9.17, 15) is 4.79 Å². The highest BCUT2D eigenvalue weighted by atomic mass is 16.5. The van der Waals surface area contributed by atoms with Gasteiger partial charge in [0.2, 0.25) is 0 Å². The molecule has 1 aromatic carbocycles. The molecule has 0 fully saturated rings. The van der Waals surface area contributed by atoms with Crippen molar-refractivity contribution in [1.82, 2.24) is 0 Å². The summed E-state index contributed by atoms with van der Waals surface area (Å²) in [6.45, 7) is 2.09. The summed E-state index contributed by atoms with van der Waals surface area (Å²) >= 11 is 0. The van der Waals surface area contributed by atoms with Crippen LogP contribution >= 0.6 is 0 Å². The standard InChI is InChI=1S/C17H22O4/c1-11-5-7-13(17(18)21-4)14(9-11)15-10-12(19-2)6-8-16(15)20-3/h6,8-10,13-14H,5,7H2,1-4H3/t13-,14-/m0/s1. The van der Waals surface area contributed by atoms with E-state index in [1.54, 1.807) is 14.2 Å². The Bertz CT molecular complexity index is 548. The first kappa shape index (κ1) is 15.4. The van der Waals surface area contributed by atoms with Crippen LogP contribution in [0.1, 0.15) is 31.2 Å². The number of hydrogen-bond donors (Lipinski definition) is 0. The number of benzene rings is 1. The molecule has 0 aromatic heterocycles. The molecule has 4 nitrogen and oxygen atoms in total. The Balaban J connectivity index is 2.49. The minimum Gasteiger partial charge on any atom is -0.497 e. The number of rotatable bonds is 4. The predicted octanol–water partition coefficient (Wildman–Crippen LogP) is 3.32. The van der Waals surface area contributed by atoms with Gasteiger partial charge in [0.05, 0.1) is 27.2 Å². The number of ether oxygens (including phenoxy) is 3. The molecule has 0 aliphatic heterocycles. The van der Waals surface area contributed by atoms with Gasteiger partial charge in [-0.2, -0.15) is 0 Å². The van der Waals surface area contributed by atoms with E-state index in [4.69, 9.17) is 14.2 Å². The second kappa shape index (κ2) is 6.66. The Hall–Kier alpha value is -1.97. The van der Waals surface area contributed by atoms with Crippen molar-refractivity contribution in [2.24, 2.45) is 5.92 Å². The topological polar surface area (TPSA) is 44.8 Å². The zero-order valence-corrected chi connectivity index (χ0v) is 13.0. The number of hydrogen-bond acceptors (Lipinski definition) is 4. The van der Waals surface area contributed by atoms with Crippen molar-refractivity contribution >= 4 is 5.97 Å². The van der Waals surface area contributed by atoms with Gasteiger partial charge in [0, 0.05) is 11.5 Å². The van der Waals surface area contributed by atoms with Crippen molar-refractivity contribution in [1.29, 1.82) is 0 Å². The lowest BCUT2D eigenvalue weighted by molar-refractivity contribution is -0.146. The molecule has 114 valence electrons. The summed E-state index contributed by atoms with van der Waals surface area (Å²) in [6.07, 6.45) is 3.85. The Labute approximate surface area is 125 Å². The van der Waals surface area contributed by atoms with Gasteiger partial charge < -0.3 is 14.2 Å². The van der Waals surface area contributed by atoms with Crippen LogP contribution in [0, 0.1) is 5.92 Å². The Morgan fingerprint density at radius 2 is 1.95 bits per heavy atom. The van der Waals surface area contributed by atoms with E-state index in [2.05, 4.69) is 13.0 Å². The SMILES string of the molecule is COC(=O)[C@H]1CCC(C)=C[C@@H]1c1cc(OC)ccc1OC. The van der Waals surface area contributed by atoms with Crippen LogP contribution in [0.4, 0.5) is 0 Å². The molecule has 2 atom stereocenters. The molecular formula is C17H22O4. The van der Waals surface area contributed by atoms with Crippen LogP contribution in [0.15, 0.2) is 29.8 Å². The quantitative estimate of drug-likeness (QED) is 0.630. The molecule has 0 amide bonds. The van der Waals surface area contributed by atoms with E-state index < -0.39 is 0 Å². The van der Waals surface area contributed by atoms with E-state index in [0.717, 1.165) is 29.9 Å². The van der Waals surface area contributed by atoms with Crippen molar-refractivity contribution in [3.8, 4) is 11.5 Å². The van der Waals surface area contributed by atoms with E-state index in [1.165, 1.54) is 12.7 Å². The molecular weight excluding hydrogens is 268 g/mol. The fraction of sp³-hybridized carbons (Fsp3) is 0.471. The number of carbonyl (C=O) groups excluding carboxylic acids is 1. The Morgan fingerprint density at radius 1 is 1.19 bits per heavy atom. The highest BCUT2D eigenvalue weighted by molar-refractivity contribution is 5.75. The lowest BCUT2D eigenvalue weighted by Crippen LogP contribution is -2.25. The van der Waals surface area contributed by atoms with Crippen molar-refractivity contribution < 1.29 is 19.0 Å². The highest BCUT2D eigenvalue weighted by Gasteiger charge is 2.33. The minimum atomic E-state index is -0.181. The average Bonchev–Trinajstić information content (AvgIpc) is 2.53. The summed E-state index contributed by atoms with van der Waals surface area (Å²) in [7, 11) is 4.70. The van der Waals surface area contributed by atoms with Gasteiger partial charge in [-0.15, -0.1) is 0 Å². The molecule has 21 heavy (non-hydrogen) atoms. The maximum atomic E-state index is 12.1. The summed E-state index contributed by atoms with van der Waals surface area (Å²) in [4.78, 5) is 12.1. The first-order chi connectivity index (χ1) is 10.1. The zero-order valence-electron chi connectivity index (χ0n) is 13.0. The van der Waals surface area contributed by atoms with Crippen molar-refractivity contribution in [2.75, 3.05) is 21.3 Å². The van der Waals surface area contributed by atoms with E-state index in [1.807, 2.05) is 18.2 Å². The second-order valence-corrected chi connectivity index (χ2v) is 5.32. The van der Waals surface area contributed by atoms with Crippen LogP contribution in [0.25, 0.3) is 0 Å².